The number of halogens is 1. The summed E-state index contributed by atoms with van der Waals surface area (Å²) >= 11 is 7.68. The first kappa shape index (κ1) is 29.6. The Labute approximate surface area is 264 Å². The van der Waals surface area contributed by atoms with Crippen LogP contribution < -0.4 is 21.1 Å². The summed E-state index contributed by atoms with van der Waals surface area (Å²) in [6, 6.07) is 22.3. The minimum absolute atomic E-state index is 0.0588. The number of imidazole rings is 1. The number of para-hydroxylation sites is 1. The number of nitrogens with one attached hydrogen (secondary N) is 3. The van der Waals surface area contributed by atoms with E-state index in [4.69, 9.17) is 22.1 Å². The van der Waals surface area contributed by atoms with E-state index in [0.29, 0.717) is 22.9 Å². The van der Waals surface area contributed by atoms with Crippen molar-refractivity contribution < 1.29 is 14.3 Å². The van der Waals surface area contributed by atoms with Gasteiger partial charge in [-0.1, -0.05) is 60.1 Å². The van der Waals surface area contributed by atoms with Crippen molar-refractivity contribution >= 4 is 34.8 Å². The normalized spacial score (nSPS) is 15.5. The molecule has 1 aliphatic heterocycles. The molecule has 3 aromatic carbocycles. The highest BCUT2D eigenvalue weighted by Gasteiger charge is 2.30. The van der Waals surface area contributed by atoms with Gasteiger partial charge < -0.3 is 26.1 Å². The number of carbonyl (C=O) groups is 2. The minimum atomic E-state index is -0.895. The molecule has 3 atom stereocenters. The van der Waals surface area contributed by atoms with E-state index in [9.17, 15) is 9.59 Å². The number of nitrogens with zero attached hydrogens (tertiary/aromatic N) is 1. The number of aromatic amines is 1. The molecule has 8 nitrogen and oxygen atoms in total. The van der Waals surface area contributed by atoms with E-state index in [1.54, 1.807) is 35.9 Å². The molecule has 5 aromatic rings. The maximum absolute atomic E-state index is 13.5. The van der Waals surface area contributed by atoms with Gasteiger partial charge in [0.1, 0.15) is 11.8 Å². The summed E-state index contributed by atoms with van der Waals surface area (Å²) in [5.74, 6) is -0.535. The third kappa shape index (κ3) is 6.86. The van der Waals surface area contributed by atoms with Crippen LogP contribution in [0.2, 0.25) is 5.02 Å². The van der Waals surface area contributed by atoms with Gasteiger partial charge in [-0.2, -0.15) is 11.3 Å². The number of carbonyl (C=O) groups excluding carboxylic acids is 2. The fourth-order valence-corrected chi connectivity index (χ4v) is 6.34. The number of hydrogen-bond donors (Lipinski definition) is 4. The van der Waals surface area contributed by atoms with Gasteiger partial charge in [0, 0.05) is 35.7 Å². The molecule has 5 N–H and O–H groups in total. The summed E-state index contributed by atoms with van der Waals surface area (Å²) < 4.78 is 6.07. The van der Waals surface area contributed by atoms with Gasteiger partial charge in [-0.25, -0.2) is 4.98 Å². The Hall–Kier alpha value is -4.44. The molecule has 3 heterocycles. The van der Waals surface area contributed by atoms with Crippen LogP contribution in [0.3, 0.4) is 0 Å². The molecule has 6 rings (SSSR count). The van der Waals surface area contributed by atoms with Gasteiger partial charge in [0.15, 0.2) is 0 Å². The van der Waals surface area contributed by atoms with Gasteiger partial charge in [0.25, 0.3) is 5.91 Å². The largest absolute Gasteiger partial charge is 0.492 e. The smallest absolute Gasteiger partial charge is 0.255 e. The first-order valence-corrected chi connectivity index (χ1v) is 15.7. The zero-order chi connectivity index (χ0) is 30.5. The van der Waals surface area contributed by atoms with E-state index >= 15 is 0 Å². The Kier molecular flexibility index (Phi) is 9.07. The van der Waals surface area contributed by atoms with Gasteiger partial charge in [-0.05, 0) is 63.7 Å². The zero-order valence-corrected chi connectivity index (χ0v) is 25.4. The topological polar surface area (TPSA) is 122 Å². The molecular formula is C34H32ClN5O3S. The number of fused-ring (bicyclic) bond motifs is 1. The van der Waals surface area contributed by atoms with Crippen molar-refractivity contribution in [2.75, 3.05) is 6.61 Å². The SMILES string of the molecule is NC(=O)[C@H](Cc1ccc(Cl)cc1)NC(=O)c1cccc2c1OCCC2NC(Cc1ccc(-c2ccsc2)cc1)c1cnc[nH]1. The number of rotatable bonds is 11. The molecule has 0 saturated heterocycles. The number of H-pyrrole nitrogens is 1. The number of thiophene rings is 1. The van der Waals surface area contributed by atoms with E-state index in [2.05, 4.69) is 61.7 Å². The maximum Gasteiger partial charge on any atom is 0.255 e. The predicted octanol–water partition coefficient (Wildman–Crippen LogP) is 6.02. The summed E-state index contributed by atoms with van der Waals surface area (Å²) in [7, 11) is 0. The lowest BCUT2D eigenvalue weighted by Crippen LogP contribution is -2.46. The third-order valence-corrected chi connectivity index (χ3v) is 8.80. The highest BCUT2D eigenvalue weighted by atomic mass is 35.5. The molecule has 0 saturated carbocycles. The quantitative estimate of drug-likeness (QED) is 0.143. The molecule has 2 aromatic heterocycles. The first-order chi connectivity index (χ1) is 21.4. The van der Waals surface area contributed by atoms with Crippen LogP contribution in [0.25, 0.3) is 11.1 Å². The molecule has 0 aliphatic carbocycles. The second kappa shape index (κ2) is 13.5. The molecule has 2 amide bonds. The van der Waals surface area contributed by atoms with E-state index in [-0.39, 0.29) is 18.5 Å². The Morgan fingerprint density at radius 3 is 2.50 bits per heavy atom. The van der Waals surface area contributed by atoms with Gasteiger partial charge >= 0.3 is 0 Å². The number of hydrogen-bond acceptors (Lipinski definition) is 6. The Balaban J connectivity index is 1.20. The molecule has 44 heavy (non-hydrogen) atoms. The summed E-state index contributed by atoms with van der Waals surface area (Å²) in [6.45, 7) is 0.435. The zero-order valence-electron chi connectivity index (χ0n) is 23.8. The highest BCUT2D eigenvalue weighted by Crippen LogP contribution is 2.37. The van der Waals surface area contributed by atoms with Crippen molar-refractivity contribution in [3.05, 3.63) is 129 Å². The number of benzene rings is 3. The fourth-order valence-electron chi connectivity index (χ4n) is 5.55. The van der Waals surface area contributed by atoms with E-state index in [1.165, 1.54) is 16.7 Å². The molecule has 0 bridgehead atoms. The summed E-state index contributed by atoms with van der Waals surface area (Å²) in [6.07, 6.45) is 5.23. The van der Waals surface area contributed by atoms with Crippen LogP contribution in [-0.2, 0) is 17.6 Å². The van der Waals surface area contributed by atoms with Crippen LogP contribution in [-0.4, -0.2) is 34.4 Å². The maximum atomic E-state index is 13.5. The van der Waals surface area contributed by atoms with Crippen molar-refractivity contribution in [1.29, 1.82) is 0 Å². The fraction of sp³-hybridized carbons (Fsp3) is 0.206. The van der Waals surface area contributed by atoms with Gasteiger partial charge in [-0.15, -0.1) is 0 Å². The second-order valence-electron chi connectivity index (χ2n) is 10.8. The first-order valence-electron chi connectivity index (χ1n) is 14.4. The molecule has 0 spiro atoms. The number of primary amides is 1. The van der Waals surface area contributed by atoms with Crippen LogP contribution in [0.1, 0.15) is 51.2 Å². The molecular weight excluding hydrogens is 594 g/mol. The highest BCUT2D eigenvalue weighted by molar-refractivity contribution is 7.08. The van der Waals surface area contributed by atoms with Crippen LogP contribution in [0.5, 0.6) is 5.75 Å². The Morgan fingerprint density at radius 1 is 1.02 bits per heavy atom. The van der Waals surface area contributed by atoms with Crippen LogP contribution >= 0.6 is 22.9 Å². The molecule has 0 radical (unpaired) electrons. The van der Waals surface area contributed by atoms with Gasteiger partial charge in [0.05, 0.1) is 30.2 Å². The van der Waals surface area contributed by atoms with Crippen molar-refractivity contribution in [1.82, 2.24) is 20.6 Å². The summed E-state index contributed by atoms with van der Waals surface area (Å²) in [5, 5.41) is 11.4. The predicted molar refractivity (Wildman–Crippen MR) is 173 cm³/mol. The molecule has 2 unspecified atom stereocenters. The van der Waals surface area contributed by atoms with Crippen LogP contribution in [0.4, 0.5) is 0 Å². The number of nitrogens with two attached hydrogens (primary N) is 1. The summed E-state index contributed by atoms with van der Waals surface area (Å²) in [5.41, 5.74) is 12.3. The van der Waals surface area contributed by atoms with E-state index in [0.717, 1.165) is 29.7 Å². The average Bonchev–Trinajstić information content (AvgIpc) is 3.77. The monoisotopic (exact) mass is 625 g/mol. The van der Waals surface area contributed by atoms with Crippen LogP contribution in [0, 0.1) is 0 Å². The number of ether oxygens (including phenoxy) is 1. The Morgan fingerprint density at radius 2 is 1.80 bits per heavy atom. The average molecular weight is 626 g/mol. The molecule has 224 valence electrons. The summed E-state index contributed by atoms with van der Waals surface area (Å²) in [4.78, 5) is 33.3. The number of aromatic nitrogens is 2. The lowest BCUT2D eigenvalue weighted by Gasteiger charge is -2.31. The van der Waals surface area contributed by atoms with Crippen molar-refractivity contribution in [3.8, 4) is 16.9 Å². The second-order valence-corrected chi connectivity index (χ2v) is 12.0. The molecule has 0 fully saturated rings. The van der Waals surface area contributed by atoms with Crippen LogP contribution in [0.15, 0.2) is 96.1 Å². The number of amides is 2. The van der Waals surface area contributed by atoms with Crippen molar-refractivity contribution in [3.63, 3.8) is 0 Å². The van der Waals surface area contributed by atoms with Gasteiger partial charge in [0.2, 0.25) is 5.91 Å². The van der Waals surface area contributed by atoms with Crippen molar-refractivity contribution in [2.24, 2.45) is 5.73 Å². The van der Waals surface area contributed by atoms with E-state index in [1.807, 2.05) is 30.5 Å². The minimum Gasteiger partial charge on any atom is -0.492 e. The molecule has 10 heteroatoms. The lowest BCUT2D eigenvalue weighted by atomic mass is 9.94. The van der Waals surface area contributed by atoms with Gasteiger partial charge in [-0.3, -0.25) is 9.59 Å². The van der Waals surface area contributed by atoms with Crippen molar-refractivity contribution in [2.45, 2.75) is 37.4 Å². The molecule has 1 aliphatic rings. The Bertz CT molecular complexity index is 1710. The third-order valence-electron chi connectivity index (χ3n) is 7.87. The lowest BCUT2D eigenvalue weighted by molar-refractivity contribution is -0.119. The standard InChI is InChI=1S/C34H32ClN5O3S/c35-25-10-6-22(7-11-25)17-30(33(36)41)40-34(42)27-3-1-2-26-28(12-14-43-32(26)27)39-29(31-18-37-20-38-31)16-21-4-8-23(9-5-21)24-13-15-44-19-24/h1-11,13,15,18-20,28-30,39H,12,14,16-17H2,(H2,36,41)(H,37,38)(H,40,42)/t28?,29?,30-/m0/s1. The van der Waals surface area contributed by atoms with E-state index < -0.39 is 17.9 Å².